The van der Waals surface area contributed by atoms with Crippen molar-refractivity contribution in [2.24, 2.45) is 0 Å². The van der Waals surface area contributed by atoms with Crippen molar-refractivity contribution in [3.05, 3.63) is 40.8 Å². The predicted octanol–water partition coefficient (Wildman–Crippen LogP) is 3.95. The summed E-state index contributed by atoms with van der Waals surface area (Å²) in [5, 5.41) is 10.8. The van der Waals surface area contributed by atoms with Crippen LogP contribution in [0.5, 0.6) is 0 Å². The normalized spacial score (nSPS) is 13.5. The van der Waals surface area contributed by atoms with Crippen molar-refractivity contribution >= 4 is 10.8 Å². The first-order chi connectivity index (χ1) is 9.17. The van der Waals surface area contributed by atoms with Gasteiger partial charge in [0.05, 0.1) is 10.8 Å². The summed E-state index contributed by atoms with van der Waals surface area (Å²) in [5.41, 5.74) is 2.38. The third-order valence-corrected chi connectivity index (χ3v) is 4.32. The summed E-state index contributed by atoms with van der Waals surface area (Å²) in [5.74, 6) is 0. The van der Waals surface area contributed by atoms with E-state index in [1.165, 1.54) is 11.1 Å². The van der Waals surface area contributed by atoms with Crippen LogP contribution in [0.3, 0.4) is 0 Å². The third kappa shape index (κ3) is 6.17. The van der Waals surface area contributed by atoms with Gasteiger partial charge in [0.2, 0.25) is 0 Å². The number of benzene rings is 1. The Bertz CT molecular complexity index is 411. The molecule has 19 heavy (non-hydrogen) atoms. The van der Waals surface area contributed by atoms with Crippen LogP contribution in [-0.2, 0) is 10.8 Å². The van der Waals surface area contributed by atoms with Crippen molar-refractivity contribution in [1.82, 2.24) is 0 Å². The van der Waals surface area contributed by atoms with Gasteiger partial charge < -0.3 is 5.11 Å². The number of rotatable bonds is 8. The van der Waals surface area contributed by atoms with E-state index in [1.54, 1.807) is 0 Å². The van der Waals surface area contributed by atoms with Gasteiger partial charge in [-0.15, -0.1) is 0 Å². The van der Waals surface area contributed by atoms with E-state index in [0.29, 0.717) is 0 Å². The van der Waals surface area contributed by atoms with Crippen molar-refractivity contribution in [3.63, 3.8) is 0 Å². The SMILES string of the molecule is CCCC/C(=C\S(=O)c1ccc(C)cc1)CCCO. The van der Waals surface area contributed by atoms with Gasteiger partial charge in [0.15, 0.2) is 0 Å². The number of hydrogen-bond acceptors (Lipinski definition) is 2. The minimum absolute atomic E-state index is 0.195. The van der Waals surface area contributed by atoms with E-state index in [0.717, 1.165) is 37.0 Å². The first kappa shape index (κ1) is 16.1. The summed E-state index contributed by atoms with van der Waals surface area (Å²) >= 11 is 0. The molecule has 1 atom stereocenters. The summed E-state index contributed by atoms with van der Waals surface area (Å²) in [6.45, 7) is 4.37. The summed E-state index contributed by atoms with van der Waals surface area (Å²) in [6, 6.07) is 7.82. The van der Waals surface area contributed by atoms with Gasteiger partial charge in [-0.1, -0.05) is 36.6 Å². The lowest BCUT2D eigenvalue weighted by Gasteiger charge is -2.06. The molecule has 3 heteroatoms. The van der Waals surface area contributed by atoms with Crippen molar-refractivity contribution < 1.29 is 9.32 Å². The molecule has 0 fully saturated rings. The molecular weight excluding hydrogens is 256 g/mol. The maximum Gasteiger partial charge on any atom is 0.0775 e. The van der Waals surface area contributed by atoms with Crippen molar-refractivity contribution in [2.45, 2.75) is 50.8 Å². The molecule has 0 bridgehead atoms. The van der Waals surface area contributed by atoms with Crippen LogP contribution < -0.4 is 0 Å². The van der Waals surface area contributed by atoms with Gasteiger partial charge in [0.25, 0.3) is 0 Å². The molecule has 1 aromatic rings. The van der Waals surface area contributed by atoms with Crippen molar-refractivity contribution in [3.8, 4) is 0 Å². The van der Waals surface area contributed by atoms with Gasteiger partial charge in [-0.05, 0) is 44.7 Å². The zero-order valence-electron chi connectivity index (χ0n) is 11.9. The summed E-state index contributed by atoms with van der Waals surface area (Å²) < 4.78 is 12.3. The van der Waals surface area contributed by atoms with Gasteiger partial charge >= 0.3 is 0 Å². The molecule has 106 valence electrons. The maximum absolute atomic E-state index is 12.3. The van der Waals surface area contributed by atoms with E-state index in [1.807, 2.05) is 36.6 Å². The molecule has 0 aliphatic carbocycles. The summed E-state index contributed by atoms with van der Waals surface area (Å²) in [7, 11) is -1.07. The van der Waals surface area contributed by atoms with Gasteiger partial charge in [0, 0.05) is 16.9 Å². The molecule has 1 aromatic carbocycles. The highest BCUT2D eigenvalue weighted by molar-refractivity contribution is 7.88. The zero-order valence-corrected chi connectivity index (χ0v) is 12.7. The van der Waals surface area contributed by atoms with E-state index >= 15 is 0 Å². The fourth-order valence-corrected chi connectivity index (χ4v) is 2.92. The van der Waals surface area contributed by atoms with Gasteiger partial charge in [0.1, 0.15) is 0 Å². The topological polar surface area (TPSA) is 37.3 Å². The second-order valence-corrected chi connectivity index (χ2v) is 6.12. The maximum atomic E-state index is 12.3. The molecule has 0 spiro atoms. The molecular formula is C16H24O2S. The zero-order chi connectivity index (χ0) is 14.1. The third-order valence-electron chi connectivity index (χ3n) is 3.03. The van der Waals surface area contributed by atoms with Crippen LogP contribution in [-0.4, -0.2) is 15.9 Å². The fraction of sp³-hybridized carbons (Fsp3) is 0.500. The van der Waals surface area contributed by atoms with Gasteiger partial charge in [-0.3, -0.25) is 0 Å². The van der Waals surface area contributed by atoms with Gasteiger partial charge in [-0.25, -0.2) is 4.21 Å². The standard InChI is InChI=1S/C16H24O2S/c1-3-4-6-15(7-5-12-17)13-19(18)16-10-8-14(2)9-11-16/h8-11,13,17H,3-7,12H2,1-2H3/b15-13+. The quantitative estimate of drug-likeness (QED) is 0.783. The Hall–Kier alpha value is -0.930. The van der Waals surface area contributed by atoms with Crippen LogP contribution in [0.25, 0.3) is 0 Å². The fourth-order valence-electron chi connectivity index (χ4n) is 1.84. The highest BCUT2D eigenvalue weighted by atomic mass is 32.2. The highest BCUT2D eigenvalue weighted by Crippen LogP contribution is 2.18. The molecule has 0 aliphatic rings. The number of unbranched alkanes of at least 4 members (excludes halogenated alkanes) is 1. The lowest BCUT2D eigenvalue weighted by molar-refractivity contribution is 0.288. The van der Waals surface area contributed by atoms with Crippen LogP contribution in [0.1, 0.15) is 44.6 Å². The molecule has 0 aliphatic heterocycles. The Balaban J connectivity index is 2.75. The molecule has 1 rings (SSSR count). The molecule has 0 aromatic heterocycles. The smallest absolute Gasteiger partial charge is 0.0775 e. The summed E-state index contributed by atoms with van der Waals surface area (Å²) in [6.07, 6.45) is 4.82. The second kappa shape index (κ2) is 9.05. The number of aryl methyl sites for hydroxylation is 1. The molecule has 0 saturated carbocycles. The van der Waals surface area contributed by atoms with Crippen LogP contribution in [0.15, 0.2) is 40.1 Å². The Morgan fingerprint density at radius 1 is 1.21 bits per heavy atom. The average molecular weight is 280 g/mol. The largest absolute Gasteiger partial charge is 0.396 e. The van der Waals surface area contributed by atoms with E-state index in [9.17, 15) is 4.21 Å². The number of aliphatic hydroxyl groups is 1. The lowest BCUT2D eigenvalue weighted by Crippen LogP contribution is -1.93. The minimum Gasteiger partial charge on any atom is -0.396 e. The molecule has 0 radical (unpaired) electrons. The first-order valence-electron chi connectivity index (χ1n) is 6.95. The van der Waals surface area contributed by atoms with E-state index in [2.05, 4.69) is 6.92 Å². The monoisotopic (exact) mass is 280 g/mol. The molecule has 1 unspecified atom stereocenters. The second-order valence-electron chi connectivity index (χ2n) is 4.82. The predicted molar refractivity (Wildman–Crippen MR) is 81.5 cm³/mol. The minimum atomic E-state index is -1.07. The molecule has 0 saturated heterocycles. The number of hydrogen-bond donors (Lipinski definition) is 1. The Labute approximate surface area is 119 Å². The van der Waals surface area contributed by atoms with Crippen molar-refractivity contribution in [1.29, 1.82) is 0 Å². The molecule has 0 amide bonds. The number of allylic oxidation sites excluding steroid dienone is 1. The first-order valence-corrected chi connectivity index (χ1v) is 8.16. The Morgan fingerprint density at radius 3 is 2.42 bits per heavy atom. The van der Waals surface area contributed by atoms with E-state index in [4.69, 9.17) is 5.11 Å². The van der Waals surface area contributed by atoms with E-state index in [-0.39, 0.29) is 6.61 Å². The van der Waals surface area contributed by atoms with Crippen LogP contribution in [0.4, 0.5) is 0 Å². The lowest BCUT2D eigenvalue weighted by atomic mass is 10.1. The average Bonchev–Trinajstić information content (AvgIpc) is 2.42. The Kier molecular flexibility index (Phi) is 7.68. The Morgan fingerprint density at radius 2 is 1.84 bits per heavy atom. The highest BCUT2D eigenvalue weighted by Gasteiger charge is 2.04. The van der Waals surface area contributed by atoms with Crippen LogP contribution in [0.2, 0.25) is 0 Å². The summed E-state index contributed by atoms with van der Waals surface area (Å²) in [4.78, 5) is 0.851. The van der Waals surface area contributed by atoms with Crippen molar-refractivity contribution in [2.75, 3.05) is 6.61 Å². The molecule has 1 N–H and O–H groups in total. The van der Waals surface area contributed by atoms with Crippen LogP contribution >= 0.6 is 0 Å². The van der Waals surface area contributed by atoms with E-state index < -0.39 is 10.8 Å². The van der Waals surface area contributed by atoms with Gasteiger partial charge in [-0.2, -0.15) is 0 Å². The van der Waals surface area contributed by atoms with Crippen LogP contribution in [0, 0.1) is 6.92 Å². The molecule has 2 nitrogen and oxygen atoms in total. The molecule has 0 heterocycles. The number of aliphatic hydroxyl groups excluding tert-OH is 1.